The molecule has 0 unspecified atom stereocenters. The second-order valence-electron chi connectivity index (χ2n) is 6.27. The second-order valence-corrected chi connectivity index (χ2v) is 6.27. The van der Waals surface area contributed by atoms with Crippen molar-refractivity contribution in [1.82, 2.24) is 4.98 Å². The Morgan fingerprint density at radius 3 is 2.61 bits per heavy atom. The van der Waals surface area contributed by atoms with Crippen LogP contribution in [0, 0.1) is 5.41 Å². The normalized spacial score (nSPS) is 11.1. The summed E-state index contributed by atoms with van der Waals surface area (Å²) in [6, 6.07) is 17.8. The van der Waals surface area contributed by atoms with Crippen LogP contribution in [0.5, 0.6) is 11.5 Å². The highest BCUT2D eigenvalue weighted by Crippen LogP contribution is 2.28. The molecule has 0 fully saturated rings. The van der Waals surface area contributed by atoms with Crippen LogP contribution in [0.1, 0.15) is 0 Å². The number of H-pyrrole nitrogens is 1. The van der Waals surface area contributed by atoms with Crippen molar-refractivity contribution in [3.05, 3.63) is 88.9 Å². The summed E-state index contributed by atoms with van der Waals surface area (Å²) < 4.78 is 17.1. The molecular weight excluding hydrogens is 356 g/mol. The number of ether oxygens (including phenoxy) is 1. The van der Waals surface area contributed by atoms with Crippen molar-refractivity contribution in [3.8, 4) is 22.8 Å². The van der Waals surface area contributed by atoms with Crippen LogP contribution in [0.15, 0.2) is 86.8 Å². The third-order valence-electron chi connectivity index (χ3n) is 4.51. The van der Waals surface area contributed by atoms with E-state index in [-0.39, 0.29) is 16.7 Å². The van der Waals surface area contributed by atoms with Gasteiger partial charge in [-0.2, -0.15) is 0 Å². The van der Waals surface area contributed by atoms with Crippen molar-refractivity contribution < 1.29 is 13.6 Å². The average molecular weight is 370 g/mol. The Morgan fingerprint density at radius 1 is 0.964 bits per heavy atom. The van der Waals surface area contributed by atoms with Gasteiger partial charge in [-0.15, -0.1) is 0 Å². The zero-order valence-electron chi connectivity index (χ0n) is 14.6. The van der Waals surface area contributed by atoms with E-state index < -0.39 is 0 Å². The highest BCUT2D eigenvalue weighted by Gasteiger charge is 2.15. The molecule has 5 aromatic rings. The van der Waals surface area contributed by atoms with Crippen LogP contribution >= 0.6 is 0 Å². The van der Waals surface area contributed by atoms with E-state index in [1.54, 1.807) is 36.5 Å². The molecule has 136 valence electrons. The van der Waals surface area contributed by atoms with Crippen LogP contribution in [0.25, 0.3) is 33.2 Å². The first-order chi connectivity index (χ1) is 13.7. The highest BCUT2D eigenvalue weighted by molar-refractivity contribution is 6.02. The fourth-order valence-corrected chi connectivity index (χ4v) is 3.17. The molecule has 0 bridgehead atoms. The average Bonchev–Trinajstić information content (AvgIpc) is 3.24. The van der Waals surface area contributed by atoms with Gasteiger partial charge >= 0.3 is 0 Å². The largest absolute Gasteiger partial charge is 0.459 e. The van der Waals surface area contributed by atoms with Gasteiger partial charge in [0.25, 0.3) is 0 Å². The number of fused-ring (bicyclic) bond motifs is 3. The number of nitrogens with one attached hydrogen (secondary N) is 2. The zero-order valence-corrected chi connectivity index (χ0v) is 14.6. The van der Waals surface area contributed by atoms with Gasteiger partial charge in [0.2, 0.25) is 16.7 Å². The van der Waals surface area contributed by atoms with Crippen LogP contribution in [0.2, 0.25) is 0 Å². The summed E-state index contributed by atoms with van der Waals surface area (Å²) in [6.07, 6.45) is 3.08. The van der Waals surface area contributed by atoms with Crippen LogP contribution in [-0.4, -0.2) is 4.98 Å². The number of hydrogen-bond acceptors (Lipinski definition) is 5. The summed E-state index contributed by atoms with van der Waals surface area (Å²) in [5.41, 5.74) is 1.94. The van der Waals surface area contributed by atoms with E-state index in [0.717, 1.165) is 5.69 Å². The lowest BCUT2D eigenvalue weighted by Gasteiger charge is -2.07. The smallest absolute Gasteiger partial charge is 0.235 e. The molecule has 0 atom stereocenters. The Labute approximate surface area is 158 Å². The lowest BCUT2D eigenvalue weighted by atomic mass is 10.1. The Bertz CT molecular complexity index is 1410. The molecule has 0 radical (unpaired) electrons. The fraction of sp³-hybridized carbons (Fsp3) is 0. The van der Waals surface area contributed by atoms with Crippen molar-refractivity contribution in [1.29, 1.82) is 5.41 Å². The molecule has 28 heavy (non-hydrogen) atoms. The Kier molecular flexibility index (Phi) is 3.62. The fourth-order valence-electron chi connectivity index (χ4n) is 3.17. The number of aromatic amines is 1. The molecule has 3 aromatic heterocycles. The molecule has 6 heteroatoms. The van der Waals surface area contributed by atoms with Gasteiger partial charge in [-0.3, -0.25) is 10.2 Å². The Morgan fingerprint density at radius 2 is 1.82 bits per heavy atom. The lowest BCUT2D eigenvalue weighted by molar-refractivity contribution is 0.451. The molecule has 0 amide bonds. The number of hydrogen-bond donors (Lipinski definition) is 2. The molecule has 0 aliphatic rings. The molecule has 2 aromatic carbocycles. The van der Waals surface area contributed by atoms with Crippen LogP contribution in [-0.2, 0) is 0 Å². The monoisotopic (exact) mass is 370 g/mol. The minimum absolute atomic E-state index is 0.0284. The number of benzene rings is 2. The topological polar surface area (TPSA) is 92.2 Å². The number of rotatable bonds is 3. The molecule has 6 nitrogen and oxygen atoms in total. The van der Waals surface area contributed by atoms with Crippen LogP contribution in [0.4, 0.5) is 0 Å². The summed E-state index contributed by atoms with van der Waals surface area (Å²) in [7, 11) is 0. The molecular formula is C22H14N2O4. The van der Waals surface area contributed by atoms with E-state index in [1.165, 1.54) is 6.26 Å². The zero-order chi connectivity index (χ0) is 19.1. The quantitative estimate of drug-likeness (QED) is 0.446. The third-order valence-corrected chi connectivity index (χ3v) is 4.51. The van der Waals surface area contributed by atoms with Gasteiger partial charge in [-0.05, 0) is 42.5 Å². The first-order valence-electron chi connectivity index (χ1n) is 8.64. The first-order valence-corrected chi connectivity index (χ1v) is 8.64. The molecule has 0 saturated carbocycles. The molecule has 0 spiro atoms. The Hall–Kier alpha value is -4.06. The van der Waals surface area contributed by atoms with Crippen molar-refractivity contribution in [2.75, 3.05) is 0 Å². The third kappa shape index (κ3) is 2.59. The van der Waals surface area contributed by atoms with Crippen molar-refractivity contribution in [2.24, 2.45) is 0 Å². The summed E-state index contributed by atoms with van der Waals surface area (Å²) in [5, 5.41) is 9.13. The molecule has 2 N–H and O–H groups in total. The predicted molar refractivity (Wildman–Crippen MR) is 104 cm³/mol. The van der Waals surface area contributed by atoms with Gasteiger partial charge in [0.05, 0.1) is 22.0 Å². The standard InChI is InChI=1S/C22H14N2O4/c23-22-15(17-7-4-10-24-17)11-16-18(28-22)9-8-14-20(25)19(12-26-21(14)16)27-13-5-2-1-3-6-13/h1-12,23-24H. The molecule has 0 saturated heterocycles. The van der Waals surface area contributed by atoms with E-state index in [2.05, 4.69) is 4.98 Å². The maximum absolute atomic E-state index is 12.9. The van der Waals surface area contributed by atoms with Crippen molar-refractivity contribution >= 4 is 21.9 Å². The Balaban J connectivity index is 1.72. The molecule has 0 aliphatic heterocycles. The summed E-state index contributed by atoms with van der Waals surface area (Å²) >= 11 is 0. The van der Waals surface area contributed by atoms with E-state index in [0.29, 0.717) is 33.3 Å². The highest BCUT2D eigenvalue weighted by atomic mass is 16.5. The van der Waals surface area contributed by atoms with E-state index in [4.69, 9.17) is 19.0 Å². The van der Waals surface area contributed by atoms with Gasteiger partial charge in [0.1, 0.15) is 23.2 Å². The van der Waals surface area contributed by atoms with Gasteiger partial charge < -0.3 is 18.6 Å². The van der Waals surface area contributed by atoms with Crippen molar-refractivity contribution in [3.63, 3.8) is 0 Å². The van der Waals surface area contributed by atoms with E-state index in [9.17, 15) is 4.79 Å². The predicted octanol–water partition coefficient (Wildman–Crippen LogP) is 4.81. The number of aromatic nitrogens is 1. The van der Waals surface area contributed by atoms with Gasteiger partial charge in [0.15, 0.2) is 0 Å². The molecule has 5 rings (SSSR count). The maximum atomic E-state index is 12.9. The lowest BCUT2D eigenvalue weighted by Crippen LogP contribution is -2.06. The van der Waals surface area contributed by atoms with Gasteiger partial charge in [0, 0.05) is 6.20 Å². The minimum Gasteiger partial charge on any atom is -0.459 e. The SMILES string of the molecule is N=c1oc2ccc3c(=O)c(Oc4ccccc4)coc3c2cc1-c1ccc[nH]1. The second kappa shape index (κ2) is 6.28. The summed E-state index contributed by atoms with van der Waals surface area (Å²) in [6.45, 7) is 0. The van der Waals surface area contributed by atoms with E-state index >= 15 is 0 Å². The number of para-hydroxylation sites is 1. The van der Waals surface area contributed by atoms with Gasteiger partial charge in [-0.25, -0.2) is 0 Å². The van der Waals surface area contributed by atoms with E-state index in [1.807, 2.05) is 30.3 Å². The molecule has 0 aliphatic carbocycles. The van der Waals surface area contributed by atoms with Gasteiger partial charge in [-0.1, -0.05) is 18.2 Å². The summed E-state index contributed by atoms with van der Waals surface area (Å²) in [4.78, 5) is 16.0. The van der Waals surface area contributed by atoms with Crippen LogP contribution in [0.3, 0.4) is 0 Å². The van der Waals surface area contributed by atoms with Crippen LogP contribution < -0.4 is 15.7 Å². The summed E-state index contributed by atoms with van der Waals surface area (Å²) in [5.74, 6) is 0.662. The maximum Gasteiger partial charge on any atom is 0.235 e. The first kappa shape index (κ1) is 16.1. The molecule has 3 heterocycles. The minimum atomic E-state index is -0.275. The van der Waals surface area contributed by atoms with Crippen molar-refractivity contribution in [2.45, 2.75) is 0 Å².